The highest BCUT2D eigenvalue weighted by atomic mass is 19.1. The summed E-state index contributed by atoms with van der Waals surface area (Å²) in [4.78, 5) is 33.1. The zero-order valence-corrected chi connectivity index (χ0v) is 9.85. The minimum Gasteiger partial charge on any atom is -0.370 e. The first-order valence-electron chi connectivity index (χ1n) is 5.25. The van der Waals surface area contributed by atoms with Crippen molar-refractivity contribution in [3.63, 3.8) is 0 Å². The van der Waals surface area contributed by atoms with E-state index in [-0.39, 0.29) is 17.7 Å². The van der Waals surface area contributed by atoms with Crippen LogP contribution in [0.1, 0.15) is 16.8 Å². The lowest BCUT2D eigenvalue weighted by atomic mass is 10.1. The van der Waals surface area contributed by atoms with Gasteiger partial charge in [-0.25, -0.2) is 4.39 Å². The molecule has 0 spiro atoms. The SMILES string of the molecule is NC(=O)CC(N)C(=O)Nc1cc(C(N)=O)ccc1F. The van der Waals surface area contributed by atoms with E-state index in [4.69, 9.17) is 17.2 Å². The van der Waals surface area contributed by atoms with Crippen LogP contribution in [-0.4, -0.2) is 23.8 Å². The van der Waals surface area contributed by atoms with E-state index in [1.54, 1.807) is 0 Å². The number of nitrogens with one attached hydrogen (secondary N) is 1. The Balaban J connectivity index is 2.86. The Labute approximate surface area is 107 Å². The average Bonchev–Trinajstić information content (AvgIpc) is 2.30. The number of hydrogen-bond donors (Lipinski definition) is 4. The number of anilines is 1. The first-order valence-corrected chi connectivity index (χ1v) is 5.25. The zero-order valence-electron chi connectivity index (χ0n) is 9.85. The number of amides is 3. The van der Waals surface area contributed by atoms with Gasteiger partial charge in [0.2, 0.25) is 17.7 Å². The normalized spacial score (nSPS) is 11.7. The second-order valence-corrected chi connectivity index (χ2v) is 3.83. The Hall–Kier alpha value is -2.48. The topological polar surface area (TPSA) is 141 Å². The van der Waals surface area contributed by atoms with Crippen molar-refractivity contribution in [1.29, 1.82) is 0 Å². The molecular formula is C11H13FN4O3. The molecule has 0 saturated heterocycles. The Bertz CT molecular complexity index is 533. The first-order chi connectivity index (χ1) is 8.81. The molecule has 0 radical (unpaired) electrons. The summed E-state index contributed by atoms with van der Waals surface area (Å²) >= 11 is 0. The van der Waals surface area contributed by atoms with Crippen LogP contribution in [0.25, 0.3) is 0 Å². The largest absolute Gasteiger partial charge is 0.370 e. The summed E-state index contributed by atoms with van der Waals surface area (Å²) in [6, 6.07) is 2.03. The number of carbonyl (C=O) groups is 3. The Morgan fingerprint density at radius 2 is 1.89 bits per heavy atom. The number of benzene rings is 1. The van der Waals surface area contributed by atoms with Crippen molar-refractivity contribution in [3.8, 4) is 0 Å². The van der Waals surface area contributed by atoms with Crippen molar-refractivity contribution in [1.82, 2.24) is 0 Å². The molecule has 0 aromatic heterocycles. The fourth-order valence-electron chi connectivity index (χ4n) is 1.31. The van der Waals surface area contributed by atoms with Crippen LogP contribution in [0, 0.1) is 5.82 Å². The number of carbonyl (C=O) groups excluding carboxylic acids is 3. The molecule has 19 heavy (non-hydrogen) atoms. The van der Waals surface area contributed by atoms with E-state index in [9.17, 15) is 18.8 Å². The van der Waals surface area contributed by atoms with E-state index in [1.165, 1.54) is 6.07 Å². The quantitative estimate of drug-likeness (QED) is 0.547. The van der Waals surface area contributed by atoms with Gasteiger partial charge in [-0.05, 0) is 18.2 Å². The van der Waals surface area contributed by atoms with Crippen molar-refractivity contribution in [2.24, 2.45) is 17.2 Å². The third-order valence-electron chi connectivity index (χ3n) is 2.27. The van der Waals surface area contributed by atoms with Crippen molar-refractivity contribution in [2.45, 2.75) is 12.5 Å². The van der Waals surface area contributed by atoms with Gasteiger partial charge < -0.3 is 22.5 Å². The number of nitrogens with two attached hydrogens (primary N) is 3. The smallest absolute Gasteiger partial charge is 0.248 e. The lowest BCUT2D eigenvalue weighted by Crippen LogP contribution is -2.39. The molecule has 0 aliphatic rings. The molecule has 1 rings (SSSR count). The van der Waals surface area contributed by atoms with E-state index < -0.39 is 29.6 Å². The predicted molar refractivity (Wildman–Crippen MR) is 65.3 cm³/mol. The lowest BCUT2D eigenvalue weighted by molar-refractivity contribution is -0.123. The second-order valence-electron chi connectivity index (χ2n) is 3.83. The second kappa shape index (κ2) is 5.91. The van der Waals surface area contributed by atoms with Crippen LogP contribution >= 0.6 is 0 Å². The van der Waals surface area contributed by atoms with E-state index in [2.05, 4.69) is 5.32 Å². The predicted octanol–water partition coefficient (Wildman–Crippen LogP) is -0.934. The monoisotopic (exact) mass is 268 g/mol. The Morgan fingerprint density at radius 3 is 2.42 bits per heavy atom. The molecular weight excluding hydrogens is 255 g/mol. The van der Waals surface area contributed by atoms with Gasteiger partial charge in [-0.2, -0.15) is 0 Å². The van der Waals surface area contributed by atoms with Gasteiger partial charge in [-0.1, -0.05) is 0 Å². The zero-order chi connectivity index (χ0) is 14.6. The Morgan fingerprint density at radius 1 is 1.26 bits per heavy atom. The first kappa shape index (κ1) is 14.6. The van der Waals surface area contributed by atoms with Crippen LogP contribution in [0.15, 0.2) is 18.2 Å². The molecule has 102 valence electrons. The maximum absolute atomic E-state index is 13.4. The fraction of sp³-hybridized carbons (Fsp3) is 0.182. The summed E-state index contributed by atoms with van der Waals surface area (Å²) in [5, 5.41) is 2.16. The van der Waals surface area contributed by atoms with Gasteiger partial charge >= 0.3 is 0 Å². The molecule has 0 saturated carbocycles. The van der Waals surface area contributed by atoms with Gasteiger partial charge in [-0.3, -0.25) is 14.4 Å². The van der Waals surface area contributed by atoms with Gasteiger partial charge in [0.05, 0.1) is 18.2 Å². The standard InChI is InChI=1S/C11H13FN4O3/c12-6-2-1-5(10(15)18)3-8(6)16-11(19)7(13)4-9(14)17/h1-3,7H,4,13H2,(H2,14,17)(H2,15,18)(H,16,19). The van der Waals surface area contributed by atoms with Gasteiger partial charge in [0, 0.05) is 5.56 Å². The van der Waals surface area contributed by atoms with Crippen molar-refractivity contribution >= 4 is 23.4 Å². The fourth-order valence-corrected chi connectivity index (χ4v) is 1.31. The maximum Gasteiger partial charge on any atom is 0.248 e. The molecule has 7 N–H and O–H groups in total. The summed E-state index contributed by atoms with van der Waals surface area (Å²) in [7, 11) is 0. The molecule has 0 aliphatic carbocycles. The number of primary amides is 2. The molecule has 8 heteroatoms. The molecule has 1 atom stereocenters. The molecule has 1 aromatic rings. The summed E-state index contributed by atoms with van der Waals surface area (Å²) in [5.41, 5.74) is 15.1. The third-order valence-corrected chi connectivity index (χ3v) is 2.27. The minimum absolute atomic E-state index is 0.0279. The van der Waals surface area contributed by atoms with Gasteiger partial charge in [0.1, 0.15) is 5.82 Å². The van der Waals surface area contributed by atoms with Crippen LogP contribution < -0.4 is 22.5 Å². The third kappa shape index (κ3) is 4.03. The van der Waals surface area contributed by atoms with Crippen LogP contribution in [0.5, 0.6) is 0 Å². The van der Waals surface area contributed by atoms with E-state index in [1.807, 2.05) is 0 Å². The molecule has 0 aliphatic heterocycles. The summed E-state index contributed by atoms with van der Waals surface area (Å²) < 4.78 is 13.4. The molecule has 0 fully saturated rings. The highest BCUT2D eigenvalue weighted by molar-refractivity contribution is 5.99. The van der Waals surface area contributed by atoms with E-state index in [0.29, 0.717) is 0 Å². The van der Waals surface area contributed by atoms with Gasteiger partial charge in [0.15, 0.2) is 0 Å². The number of halogens is 1. The van der Waals surface area contributed by atoms with Crippen LogP contribution in [0.4, 0.5) is 10.1 Å². The summed E-state index contributed by atoms with van der Waals surface area (Å²) in [5.74, 6) is -3.07. The molecule has 1 aromatic carbocycles. The summed E-state index contributed by atoms with van der Waals surface area (Å²) in [6.07, 6.45) is -0.372. The minimum atomic E-state index is -1.20. The van der Waals surface area contributed by atoms with E-state index in [0.717, 1.165) is 12.1 Å². The van der Waals surface area contributed by atoms with Crippen molar-refractivity contribution in [2.75, 3.05) is 5.32 Å². The summed E-state index contributed by atoms with van der Waals surface area (Å²) in [6.45, 7) is 0. The van der Waals surface area contributed by atoms with Crippen LogP contribution in [0.2, 0.25) is 0 Å². The Kier molecular flexibility index (Phi) is 4.54. The maximum atomic E-state index is 13.4. The molecule has 7 nitrogen and oxygen atoms in total. The van der Waals surface area contributed by atoms with Crippen molar-refractivity contribution in [3.05, 3.63) is 29.6 Å². The van der Waals surface area contributed by atoms with Crippen LogP contribution in [0.3, 0.4) is 0 Å². The average molecular weight is 268 g/mol. The van der Waals surface area contributed by atoms with E-state index >= 15 is 0 Å². The molecule has 0 bridgehead atoms. The lowest BCUT2D eigenvalue weighted by Gasteiger charge is -2.11. The van der Waals surface area contributed by atoms with Crippen molar-refractivity contribution < 1.29 is 18.8 Å². The number of rotatable bonds is 5. The van der Waals surface area contributed by atoms with Crippen LogP contribution in [-0.2, 0) is 9.59 Å². The molecule has 1 unspecified atom stereocenters. The highest BCUT2D eigenvalue weighted by Gasteiger charge is 2.18. The molecule has 3 amide bonds. The number of hydrogen-bond acceptors (Lipinski definition) is 4. The molecule has 0 heterocycles. The highest BCUT2D eigenvalue weighted by Crippen LogP contribution is 2.16. The van der Waals surface area contributed by atoms with Gasteiger partial charge in [0.25, 0.3) is 0 Å². The van der Waals surface area contributed by atoms with Gasteiger partial charge in [-0.15, -0.1) is 0 Å².